The van der Waals surface area contributed by atoms with Crippen LogP contribution in [-0.4, -0.2) is 27.2 Å². The summed E-state index contributed by atoms with van der Waals surface area (Å²) in [5.74, 6) is -0.407. The molecule has 0 spiro atoms. The van der Waals surface area contributed by atoms with Gasteiger partial charge in [0.15, 0.2) is 0 Å². The minimum atomic E-state index is -0.779. The second-order valence-corrected chi connectivity index (χ2v) is 6.31. The first kappa shape index (κ1) is 17.0. The van der Waals surface area contributed by atoms with Crippen LogP contribution in [0.3, 0.4) is 0 Å². The van der Waals surface area contributed by atoms with E-state index in [1.54, 1.807) is 6.92 Å². The number of rotatable bonds is 4. The predicted octanol–water partition coefficient (Wildman–Crippen LogP) is 2.55. The number of fused-ring (bicyclic) bond motifs is 2. The van der Waals surface area contributed by atoms with Crippen LogP contribution in [0.5, 0.6) is 11.5 Å². The molecule has 3 aromatic rings. The molecule has 0 aliphatic rings. The lowest BCUT2D eigenvalue weighted by Crippen LogP contribution is -2.14. The molecule has 0 saturated carbocycles. The minimum Gasteiger partial charge on any atom is -0.508 e. The molecule has 130 valence electrons. The molecule has 6 nitrogen and oxygen atoms in total. The monoisotopic (exact) mass is 342 g/mol. The summed E-state index contributed by atoms with van der Waals surface area (Å²) in [5, 5.41) is 29.5. The number of aliphatic hydroxyl groups is 1. The van der Waals surface area contributed by atoms with Crippen LogP contribution in [0.1, 0.15) is 24.5 Å². The molecule has 0 fully saturated rings. The van der Waals surface area contributed by atoms with E-state index in [-0.39, 0.29) is 52.1 Å². The summed E-state index contributed by atoms with van der Waals surface area (Å²) in [6.45, 7) is 3.19. The third-order valence-corrected chi connectivity index (χ3v) is 4.04. The topological polar surface area (TPSA) is 108 Å². The summed E-state index contributed by atoms with van der Waals surface area (Å²) < 4.78 is 5.69. The van der Waals surface area contributed by atoms with Crippen LogP contribution < -0.4 is 5.43 Å². The number of ketones is 1. The molecule has 0 unspecified atom stereocenters. The first-order valence-electron chi connectivity index (χ1n) is 7.88. The highest BCUT2D eigenvalue weighted by atomic mass is 16.3. The molecular formula is C19H18O6. The second kappa shape index (κ2) is 6.22. The normalized spacial score (nSPS) is 12.6. The van der Waals surface area contributed by atoms with E-state index in [0.717, 1.165) is 0 Å². The van der Waals surface area contributed by atoms with Crippen LogP contribution in [0.2, 0.25) is 0 Å². The van der Waals surface area contributed by atoms with E-state index in [4.69, 9.17) is 4.42 Å². The summed E-state index contributed by atoms with van der Waals surface area (Å²) >= 11 is 0. The number of carbonyl (C=O) groups is 1. The molecule has 1 atom stereocenters. The number of aliphatic hydroxyl groups excluding tert-OH is 1. The van der Waals surface area contributed by atoms with Crippen molar-refractivity contribution in [2.75, 3.05) is 0 Å². The van der Waals surface area contributed by atoms with Gasteiger partial charge in [0.25, 0.3) is 0 Å². The van der Waals surface area contributed by atoms with Gasteiger partial charge < -0.3 is 19.7 Å². The molecule has 3 N–H and O–H groups in total. The van der Waals surface area contributed by atoms with Crippen molar-refractivity contribution in [2.24, 2.45) is 0 Å². The zero-order valence-corrected chi connectivity index (χ0v) is 13.9. The number of phenolic OH excluding ortho intramolecular Hbond substituents is 2. The van der Waals surface area contributed by atoms with Crippen molar-refractivity contribution in [3.05, 3.63) is 45.6 Å². The van der Waals surface area contributed by atoms with Gasteiger partial charge in [0, 0.05) is 25.0 Å². The van der Waals surface area contributed by atoms with E-state index in [1.807, 2.05) is 0 Å². The summed E-state index contributed by atoms with van der Waals surface area (Å²) in [6.07, 6.45) is -0.912. The van der Waals surface area contributed by atoms with Crippen molar-refractivity contribution in [1.29, 1.82) is 0 Å². The molecule has 3 rings (SSSR count). The van der Waals surface area contributed by atoms with Gasteiger partial charge in [-0.3, -0.25) is 9.59 Å². The Morgan fingerprint density at radius 2 is 1.68 bits per heavy atom. The zero-order valence-electron chi connectivity index (χ0n) is 13.9. The Kier molecular flexibility index (Phi) is 4.22. The lowest BCUT2D eigenvalue weighted by atomic mass is 9.98. The van der Waals surface area contributed by atoms with Gasteiger partial charge in [-0.25, -0.2) is 0 Å². The Labute approximate surface area is 142 Å². The Morgan fingerprint density at radius 3 is 2.32 bits per heavy atom. The number of hydrogen-bond donors (Lipinski definition) is 3. The maximum absolute atomic E-state index is 13.0. The van der Waals surface area contributed by atoms with Crippen molar-refractivity contribution in [3.8, 4) is 11.5 Å². The molecule has 25 heavy (non-hydrogen) atoms. The number of aryl methyl sites for hydroxylation is 1. The number of benzene rings is 2. The molecule has 1 heterocycles. The van der Waals surface area contributed by atoms with Crippen LogP contribution >= 0.6 is 0 Å². The third kappa shape index (κ3) is 3.21. The lowest BCUT2D eigenvalue weighted by molar-refractivity contribution is -0.120. The van der Waals surface area contributed by atoms with E-state index in [0.29, 0.717) is 16.5 Å². The fourth-order valence-corrected chi connectivity index (χ4v) is 3.10. The summed E-state index contributed by atoms with van der Waals surface area (Å²) in [7, 11) is 0. The highest BCUT2D eigenvalue weighted by Crippen LogP contribution is 2.29. The van der Waals surface area contributed by atoms with Gasteiger partial charge in [-0.2, -0.15) is 0 Å². The average molecular weight is 342 g/mol. The molecule has 0 amide bonds. The fraction of sp³-hybridized carbons (Fsp3) is 0.263. The summed E-state index contributed by atoms with van der Waals surface area (Å²) in [4.78, 5) is 25.0. The number of aromatic hydroxyl groups is 2. The lowest BCUT2D eigenvalue weighted by Gasteiger charge is -2.10. The van der Waals surface area contributed by atoms with E-state index in [1.165, 1.54) is 31.2 Å². The average Bonchev–Trinajstić information content (AvgIpc) is 2.44. The first-order chi connectivity index (χ1) is 11.8. The maximum atomic E-state index is 13.0. The standard InChI is InChI=1S/C19H18O6/c1-9-3-12(21)7-15-17(9)19(24)18-11(5-13(22)4-10(2)20)6-14(23)8-16(18)25-15/h3,6-8,10,20-21,23H,4-5H2,1-2H3/t10-/m1/s1. The van der Waals surface area contributed by atoms with Gasteiger partial charge in [-0.15, -0.1) is 0 Å². The Balaban J connectivity index is 2.29. The van der Waals surface area contributed by atoms with Crippen LogP contribution in [0.4, 0.5) is 0 Å². The summed E-state index contributed by atoms with van der Waals surface area (Å²) in [6, 6.07) is 5.47. The number of Topliss-reactive ketones (excluding diaryl/α,β-unsaturated/α-hetero) is 1. The van der Waals surface area contributed by atoms with Crippen LogP contribution in [0.25, 0.3) is 21.9 Å². The van der Waals surface area contributed by atoms with E-state index >= 15 is 0 Å². The van der Waals surface area contributed by atoms with Crippen LogP contribution in [0.15, 0.2) is 33.5 Å². The molecule has 0 saturated heterocycles. The molecule has 2 aromatic carbocycles. The molecule has 0 radical (unpaired) electrons. The van der Waals surface area contributed by atoms with Gasteiger partial charge in [0.1, 0.15) is 28.4 Å². The van der Waals surface area contributed by atoms with Crippen LogP contribution in [-0.2, 0) is 11.2 Å². The molecular weight excluding hydrogens is 324 g/mol. The smallest absolute Gasteiger partial charge is 0.201 e. The van der Waals surface area contributed by atoms with Crippen LogP contribution in [0, 0.1) is 6.92 Å². The van der Waals surface area contributed by atoms with Gasteiger partial charge in [0.05, 0.1) is 16.9 Å². The molecule has 0 bridgehead atoms. The number of carbonyl (C=O) groups excluding carboxylic acids is 1. The van der Waals surface area contributed by atoms with Crippen molar-refractivity contribution in [3.63, 3.8) is 0 Å². The zero-order chi connectivity index (χ0) is 18.3. The molecule has 0 aliphatic carbocycles. The highest BCUT2D eigenvalue weighted by Gasteiger charge is 2.18. The maximum Gasteiger partial charge on any atom is 0.201 e. The second-order valence-electron chi connectivity index (χ2n) is 6.31. The Hall–Kier alpha value is -2.86. The van der Waals surface area contributed by atoms with Crippen molar-refractivity contribution in [1.82, 2.24) is 0 Å². The van der Waals surface area contributed by atoms with Crippen molar-refractivity contribution < 1.29 is 24.5 Å². The number of hydrogen-bond acceptors (Lipinski definition) is 6. The summed E-state index contributed by atoms with van der Waals surface area (Å²) in [5.41, 5.74) is 0.932. The fourth-order valence-electron chi connectivity index (χ4n) is 3.10. The first-order valence-corrected chi connectivity index (χ1v) is 7.88. The van der Waals surface area contributed by atoms with Gasteiger partial charge in [0.2, 0.25) is 5.43 Å². The molecule has 0 aliphatic heterocycles. The quantitative estimate of drug-likeness (QED) is 0.629. The molecule has 1 aromatic heterocycles. The SMILES string of the molecule is Cc1cc(O)cc2oc3cc(O)cc(CC(=O)C[C@@H](C)O)c3c(=O)c12. The van der Waals surface area contributed by atoms with E-state index in [9.17, 15) is 24.9 Å². The Morgan fingerprint density at radius 1 is 1.08 bits per heavy atom. The largest absolute Gasteiger partial charge is 0.508 e. The predicted molar refractivity (Wildman–Crippen MR) is 93.1 cm³/mol. The third-order valence-electron chi connectivity index (χ3n) is 4.04. The Bertz CT molecular complexity index is 1050. The van der Waals surface area contributed by atoms with Gasteiger partial charge >= 0.3 is 0 Å². The highest BCUT2D eigenvalue weighted by molar-refractivity contribution is 5.96. The molecule has 6 heteroatoms. The van der Waals surface area contributed by atoms with Crippen molar-refractivity contribution >= 4 is 27.7 Å². The van der Waals surface area contributed by atoms with Gasteiger partial charge in [-0.1, -0.05) is 0 Å². The van der Waals surface area contributed by atoms with E-state index in [2.05, 4.69) is 0 Å². The van der Waals surface area contributed by atoms with E-state index < -0.39 is 6.10 Å². The number of phenols is 2. The van der Waals surface area contributed by atoms with Crippen molar-refractivity contribution in [2.45, 2.75) is 32.8 Å². The van der Waals surface area contributed by atoms with Gasteiger partial charge in [-0.05, 0) is 37.1 Å². The minimum absolute atomic E-state index is 0.0278.